The lowest BCUT2D eigenvalue weighted by Gasteiger charge is -2.32. The van der Waals surface area contributed by atoms with Crippen molar-refractivity contribution in [3.05, 3.63) is 11.2 Å². The molecule has 0 saturated carbocycles. The van der Waals surface area contributed by atoms with Crippen LogP contribution in [0, 0.1) is 0 Å². The molecule has 1 aromatic heterocycles. The summed E-state index contributed by atoms with van der Waals surface area (Å²) in [5.41, 5.74) is -0.490. The number of piperidine rings is 1. The van der Waals surface area contributed by atoms with E-state index in [0.717, 1.165) is 25.9 Å². The molecular formula is C15H23ClN4O3. The highest BCUT2D eigenvalue weighted by atomic mass is 35.5. The first kappa shape index (κ1) is 17.6. The summed E-state index contributed by atoms with van der Waals surface area (Å²) >= 11 is 5.98. The van der Waals surface area contributed by atoms with Gasteiger partial charge in [0.05, 0.1) is 7.11 Å². The van der Waals surface area contributed by atoms with Crippen LogP contribution >= 0.6 is 11.6 Å². The van der Waals surface area contributed by atoms with Gasteiger partial charge in [0.15, 0.2) is 0 Å². The van der Waals surface area contributed by atoms with Crippen molar-refractivity contribution in [3.63, 3.8) is 0 Å². The van der Waals surface area contributed by atoms with Gasteiger partial charge in [0.1, 0.15) is 10.8 Å². The summed E-state index contributed by atoms with van der Waals surface area (Å²) in [4.78, 5) is 22.4. The van der Waals surface area contributed by atoms with Gasteiger partial charge in [-0.25, -0.2) is 9.78 Å². The molecule has 0 aliphatic carbocycles. The summed E-state index contributed by atoms with van der Waals surface area (Å²) in [6.07, 6.45) is 1.20. The summed E-state index contributed by atoms with van der Waals surface area (Å²) in [7, 11) is 1.54. The second-order valence-corrected chi connectivity index (χ2v) is 6.83. The molecule has 1 amide bonds. The van der Waals surface area contributed by atoms with E-state index in [4.69, 9.17) is 21.1 Å². The van der Waals surface area contributed by atoms with Gasteiger partial charge in [-0.05, 0) is 33.6 Å². The summed E-state index contributed by atoms with van der Waals surface area (Å²) < 4.78 is 10.4. The zero-order chi connectivity index (χ0) is 17.0. The fourth-order valence-electron chi connectivity index (χ4n) is 2.33. The maximum Gasteiger partial charge on any atom is 0.407 e. The minimum absolute atomic E-state index is 0.0854. The molecule has 1 aliphatic heterocycles. The number of nitrogens with one attached hydrogen (secondary N) is 1. The Hall–Kier alpha value is -1.76. The van der Waals surface area contributed by atoms with Crippen LogP contribution in [-0.4, -0.2) is 47.9 Å². The van der Waals surface area contributed by atoms with Gasteiger partial charge >= 0.3 is 6.09 Å². The minimum Gasteiger partial charge on any atom is -0.481 e. The van der Waals surface area contributed by atoms with Gasteiger partial charge in [0.25, 0.3) is 0 Å². The molecule has 7 nitrogen and oxygen atoms in total. The quantitative estimate of drug-likeness (QED) is 0.851. The van der Waals surface area contributed by atoms with Gasteiger partial charge in [0, 0.05) is 25.2 Å². The smallest absolute Gasteiger partial charge is 0.407 e. The Balaban J connectivity index is 1.89. The summed E-state index contributed by atoms with van der Waals surface area (Å²) in [6.45, 7) is 6.99. The molecule has 0 unspecified atom stereocenters. The van der Waals surface area contributed by atoms with Gasteiger partial charge in [-0.2, -0.15) is 4.98 Å². The van der Waals surface area contributed by atoms with Crippen molar-refractivity contribution >= 4 is 23.6 Å². The van der Waals surface area contributed by atoms with Gasteiger partial charge in [-0.15, -0.1) is 0 Å². The third kappa shape index (κ3) is 5.42. The van der Waals surface area contributed by atoms with Crippen molar-refractivity contribution in [3.8, 4) is 5.88 Å². The lowest BCUT2D eigenvalue weighted by atomic mass is 10.1. The fourth-order valence-corrected chi connectivity index (χ4v) is 2.50. The van der Waals surface area contributed by atoms with Crippen LogP contribution in [0.2, 0.25) is 5.15 Å². The Morgan fingerprint density at radius 2 is 2.00 bits per heavy atom. The van der Waals surface area contributed by atoms with E-state index >= 15 is 0 Å². The highest BCUT2D eigenvalue weighted by Crippen LogP contribution is 2.22. The molecule has 0 atom stereocenters. The van der Waals surface area contributed by atoms with E-state index < -0.39 is 5.60 Å². The summed E-state index contributed by atoms with van der Waals surface area (Å²) in [6, 6.07) is 1.66. The van der Waals surface area contributed by atoms with E-state index in [9.17, 15) is 4.79 Å². The zero-order valence-corrected chi connectivity index (χ0v) is 14.7. The molecule has 0 radical (unpaired) electrons. The standard InChI is InChI=1S/C15H23ClN4O3/c1-15(2,3)23-14(21)17-10-5-7-20(8-6-10)13-18-11(16)9-12(19-13)22-4/h9-10H,5-8H2,1-4H3,(H,17,21). The van der Waals surface area contributed by atoms with Crippen LogP contribution in [0.1, 0.15) is 33.6 Å². The summed E-state index contributed by atoms with van der Waals surface area (Å²) in [5, 5.41) is 3.25. The van der Waals surface area contributed by atoms with Crippen molar-refractivity contribution in [2.75, 3.05) is 25.1 Å². The average molecular weight is 343 g/mol. The predicted molar refractivity (Wildman–Crippen MR) is 88.2 cm³/mol. The molecule has 1 aromatic rings. The Morgan fingerprint density at radius 1 is 1.35 bits per heavy atom. The number of methoxy groups -OCH3 is 1. The number of aromatic nitrogens is 2. The van der Waals surface area contributed by atoms with E-state index in [2.05, 4.69) is 15.3 Å². The number of rotatable bonds is 3. The van der Waals surface area contributed by atoms with Crippen molar-refractivity contribution in [1.82, 2.24) is 15.3 Å². The lowest BCUT2D eigenvalue weighted by Crippen LogP contribution is -2.46. The molecule has 0 spiro atoms. The van der Waals surface area contributed by atoms with Crippen LogP contribution in [0.4, 0.5) is 10.7 Å². The largest absolute Gasteiger partial charge is 0.481 e. The summed E-state index contributed by atoms with van der Waals surface area (Å²) in [5.74, 6) is 0.985. The molecule has 8 heteroatoms. The molecule has 1 N–H and O–H groups in total. The number of carbonyl (C=O) groups is 1. The number of hydrogen-bond acceptors (Lipinski definition) is 6. The molecular weight excluding hydrogens is 320 g/mol. The van der Waals surface area contributed by atoms with E-state index in [1.54, 1.807) is 13.2 Å². The van der Waals surface area contributed by atoms with Crippen LogP contribution in [0.25, 0.3) is 0 Å². The van der Waals surface area contributed by atoms with E-state index in [-0.39, 0.29) is 12.1 Å². The molecule has 1 saturated heterocycles. The molecule has 2 heterocycles. The Morgan fingerprint density at radius 3 is 2.57 bits per heavy atom. The molecule has 1 fully saturated rings. The normalized spacial score (nSPS) is 16.1. The molecule has 0 aromatic carbocycles. The maximum atomic E-state index is 11.8. The molecule has 23 heavy (non-hydrogen) atoms. The second kappa shape index (κ2) is 7.21. The van der Waals surface area contributed by atoms with E-state index in [1.807, 2.05) is 25.7 Å². The Kier molecular flexibility index (Phi) is 5.51. The van der Waals surface area contributed by atoms with Crippen molar-refractivity contribution in [2.24, 2.45) is 0 Å². The van der Waals surface area contributed by atoms with Gasteiger partial charge in [-0.3, -0.25) is 0 Å². The van der Waals surface area contributed by atoms with Gasteiger partial charge in [-0.1, -0.05) is 11.6 Å². The number of halogens is 1. The number of hydrogen-bond donors (Lipinski definition) is 1. The maximum absolute atomic E-state index is 11.8. The number of carbonyl (C=O) groups excluding carboxylic acids is 1. The molecule has 0 bridgehead atoms. The van der Waals surface area contributed by atoms with Crippen molar-refractivity contribution < 1.29 is 14.3 Å². The second-order valence-electron chi connectivity index (χ2n) is 6.44. The minimum atomic E-state index is -0.490. The number of amides is 1. The van der Waals surface area contributed by atoms with Crippen LogP contribution in [0.15, 0.2) is 6.07 Å². The SMILES string of the molecule is COc1cc(Cl)nc(N2CCC(NC(=O)OC(C)(C)C)CC2)n1. The monoisotopic (exact) mass is 342 g/mol. The van der Waals surface area contributed by atoms with Crippen LogP contribution < -0.4 is 15.0 Å². The molecule has 2 rings (SSSR count). The Bertz CT molecular complexity index is 554. The van der Waals surface area contributed by atoms with Gasteiger partial charge in [0.2, 0.25) is 11.8 Å². The highest BCUT2D eigenvalue weighted by molar-refractivity contribution is 6.29. The first-order chi connectivity index (χ1) is 10.8. The zero-order valence-electron chi connectivity index (χ0n) is 13.9. The number of ether oxygens (including phenoxy) is 2. The third-order valence-corrected chi connectivity index (χ3v) is 3.56. The average Bonchev–Trinajstić information content (AvgIpc) is 2.45. The van der Waals surface area contributed by atoms with E-state index in [1.165, 1.54) is 0 Å². The predicted octanol–water partition coefficient (Wildman–Crippen LogP) is 2.63. The van der Waals surface area contributed by atoms with Crippen molar-refractivity contribution in [1.29, 1.82) is 0 Å². The Labute approximate surface area is 141 Å². The van der Waals surface area contributed by atoms with E-state index in [0.29, 0.717) is 17.0 Å². The van der Waals surface area contributed by atoms with Crippen LogP contribution in [-0.2, 0) is 4.74 Å². The third-order valence-electron chi connectivity index (χ3n) is 3.37. The number of alkyl carbamates (subject to hydrolysis) is 1. The first-order valence-electron chi connectivity index (χ1n) is 7.60. The lowest BCUT2D eigenvalue weighted by molar-refractivity contribution is 0.0497. The van der Waals surface area contributed by atoms with Crippen LogP contribution in [0.5, 0.6) is 5.88 Å². The van der Waals surface area contributed by atoms with Crippen LogP contribution in [0.3, 0.4) is 0 Å². The van der Waals surface area contributed by atoms with Crippen molar-refractivity contribution in [2.45, 2.75) is 45.3 Å². The fraction of sp³-hybridized carbons (Fsp3) is 0.667. The molecule has 1 aliphatic rings. The number of nitrogens with zero attached hydrogens (tertiary/aromatic N) is 3. The van der Waals surface area contributed by atoms with Gasteiger partial charge < -0.3 is 19.7 Å². The first-order valence-corrected chi connectivity index (χ1v) is 7.97. The molecule has 128 valence electrons. The highest BCUT2D eigenvalue weighted by Gasteiger charge is 2.25. The topological polar surface area (TPSA) is 76.6 Å². The number of anilines is 1.